The van der Waals surface area contributed by atoms with Crippen molar-refractivity contribution in [3.63, 3.8) is 0 Å². The number of aryl methyl sites for hydroxylation is 1. The standard InChI is InChI=1S/C16H16N2O2/c1-11(2)20-16(19)12(9-17)8-13-10-18(3)15-7-5-4-6-14(13)15/h4-8,10-11H,1-3H3/b12-8+. The van der Waals surface area contributed by atoms with Gasteiger partial charge in [0.15, 0.2) is 0 Å². The Morgan fingerprint density at radius 1 is 1.40 bits per heavy atom. The molecular formula is C16H16N2O2. The minimum atomic E-state index is -0.588. The monoisotopic (exact) mass is 268 g/mol. The van der Waals surface area contributed by atoms with Crippen molar-refractivity contribution in [1.29, 1.82) is 5.26 Å². The lowest BCUT2D eigenvalue weighted by Crippen LogP contribution is -2.12. The number of hydrogen-bond donors (Lipinski definition) is 0. The lowest BCUT2D eigenvalue weighted by Gasteiger charge is -2.06. The fourth-order valence-electron chi connectivity index (χ4n) is 2.06. The van der Waals surface area contributed by atoms with Gasteiger partial charge in [-0.2, -0.15) is 5.26 Å². The number of carbonyl (C=O) groups excluding carboxylic acids is 1. The molecule has 1 heterocycles. The molecule has 0 aliphatic rings. The second kappa shape index (κ2) is 5.62. The van der Waals surface area contributed by atoms with Crippen LogP contribution in [0.4, 0.5) is 0 Å². The maximum atomic E-state index is 11.8. The Morgan fingerprint density at radius 2 is 2.10 bits per heavy atom. The van der Waals surface area contributed by atoms with Crippen molar-refractivity contribution in [2.45, 2.75) is 20.0 Å². The highest BCUT2D eigenvalue weighted by Gasteiger charge is 2.14. The van der Waals surface area contributed by atoms with Crippen LogP contribution in [0.2, 0.25) is 0 Å². The summed E-state index contributed by atoms with van der Waals surface area (Å²) in [6.45, 7) is 3.51. The number of para-hydroxylation sites is 1. The van der Waals surface area contributed by atoms with Gasteiger partial charge >= 0.3 is 5.97 Å². The number of carbonyl (C=O) groups is 1. The molecule has 20 heavy (non-hydrogen) atoms. The lowest BCUT2D eigenvalue weighted by atomic mass is 10.1. The molecule has 2 aromatic rings. The highest BCUT2D eigenvalue weighted by atomic mass is 16.5. The molecule has 102 valence electrons. The van der Waals surface area contributed by atoms with Crippen molar-refractivity contribution in [1.82, 2.24) is 4.57 Å². The normalized spacial score (nSPS) is 11.7. The van der Waals surface area contributed by atoms with Gasteiger partial charge in [0.2, 0.25) is 0 Å². The van der Waals surface area contributed by atoms with E-state index < -0.39 is 5.97 Å². The Hall–Kier alpha value is -2.54. The Labute approximate surface area is 117 Å². The number of nitriles is 1. The van der Waals surface area contributed by atoms with E-state index >= 15 is 0 Å². The SMILES string of the molecule is CC(C)OC(=O)/C(C#N)=C/c1cn(C)c2ccccc12. The zero-order chi connectivity index (χ0) is 14.7. The fraction of sp³-hybridized carbons (Fsp3) is 0.250. The van der Waals surface area contributed by atoms with Crippen LogP contribution in [0, 0.1) is 11.3 Å². The van der Waals surface area contributed by atoms with Gasteiger partial charge in [-0.15, -0.1) is 0 Å². The molecule has 0 saturated carbocycles. The lowest BCUT2D eigenvalue weighted by molar-refractivity contribution is -0.142. The van der Waals surface area contributed by atoms with Gasteiger partial charge in [0.25, 0.3) is 0 Å². The molecule has 0 bridgehead atoms. The summed E-state index contributed by atoms with van der Waals surface area (Å²) in [5.41, 5.74) is 1.89. The molecule has 1 aromatic carbocycles. The van der Waals surface area contributed by atoms with E-state index in [1.54, 1.807) is 19.9 Å². The van der Waals surface area contributed by atoms with Crippen LogP contribution in [0.25, 0.3) is 17.0 Å². The molecule has 1 aromatic heterocycles. The quantitative estimate of drug-likeness (QED) is 0.488. The van der Waals surface area contributed by atoms with Gasteiger partial charge in [-0.1, -0.05) is 18.2 Å². The number of rotatable bonds is 3. The van der Waals surface area contributed by atoms with E-state index in [4.69, 9.17) is 10.00 Å². The molecule has 0 radical (unpaired) electrons. The number of nitrogens with zero attached hydrogens (tertiary/aromatic N) is 2. The third kappa shape index (κ3) is 2.72. The first-order valence-corrected chi connectivity index (χ1v) is 6.39. The van der Waals surface area contributed by atoms with Gasteiger partial charge in [0.05, 0.1) is 6.10 Å². The summed E-state index contributed by atoms with van der Waals surface area (Å²) in [5.74, 6) is -0.588. The zero-order valence-electron chi connectivity index (χ0n) is 11.8. The maximum absolute atomic E-state index is 11.8. The van der Waals surface area contributed by atoms with E-state index in [1.165, 1.54) is 0 Å². The van der Waals surface area contributed by atoms with Crippen molar-refractivity contribution in [3.8, 4) is 6.07 Å². The zero-order valence-corrected chi connectivity index (χ0v) is 11.8. The number of ether oxygens (including phenoxy) is 1. The second-order valence-corrected chi connectivity index (χ2v) is 4.84. The topological polar surface area (TPSA) is 55.0 Å². The molecule has 0 N–H and O–H groups in total. The summed E-state index contributed by atoms with van der Waals surface area (Å²) in [6, 6.07) is 9.74. The summed E-state index contributed by atoms with van der Waals surface area (Å²) in [4.78, 5) is 11.8. The highest BCUT2D eigenvalue weighted by Crippen LogP contribution is 2.22. The molecule has 4 nitrogen and oxygen atoms in total. The van der Waals surface area contributed by atoms with Gasteiger partial charge in [0.1, 0.15) is 11.6 Å². The molecule has 0 saturated heterocycles. The molecule has 0 unspecified atom stereocenters. The van der Waals surface area contributed by atoms with E-state index in [9.17, 15) is 4.79 Å². The number of benzene rings is 1. The van der Waals surface area contributed by atoms with Gasteiger partial charge < -0.3 is 9.30 Å². The molecule has 0 aliphatic heterocycles. The van der Waals surface area contributed by atoms with Crippen LogP contribution < -0.4 is 0 Å². The summed E-state index contributed by atoms with van der Waals surface area (Å²) in [7, 11) is 1.93. The number of hydrogen-bond acceptors (Lipinski definition) is 3. The summed E-state index contributed by atoms with van der Waals surface area (Å²) >= 11 is 0. The van der Waals surface area contributed by atoms with Gasteiger partial charge in [-0.25, -0.2) is 4.79 Å². The molecule has 0 aliphatic carbocycles. The van der Waals surface area contributed by atoms with E-state index in [2.05, 4.69) is 0 Å². The minimum absolute atomic E-state index is 0.00931. The Bertz CT molecular complexity index is 718. The summed E-state index contributed by atoms with van der Waals surface area (Å²) < 4.78 is 7.02. The van der Waals surface area contributed by atoms with E-state index in [-0.39, 0.29) is 11.7 Å². The number of aromatic nitrogens is 1. The van der Waals surface area contributed by atoms with E-state index in [1.807, 2.05) is 48.1 Å². The average molecular weight is 268 g/mol. The van der Waals surface area contributed by atoms with Gasteiger partial charge in [0, 0.05) is 29.7 Å². The fourth-order valence-corrected chi connectivity index (χ4v) is 2.06. The number of esters is 1. The summed E-state index contributed by atoms with van der Waals surface area (Å²) in [6.07, 6.45) is 3.23. The van der Waals surface area contributed by atoms with Crippen LogP contribution >= 0.6 is 0 Å². The maximum Gasteiger partial charge on any atom is 0.349 e. The van der Waals surface area contributed by atoms with Gasteiger partial charge in [-0.05, 0) is 26.0 Å². The predicted octanol–water partition coefficient (Wildman–Crippen LogP) is 3.04. The molecule has 0 spiro atoms. The molecule has 2 rings (SSSR count). The Kier molecular flexibility index (Phi) is 3.90. The Balaban J connectivity index is 2.46. The average Bonchev–Trinajstić information content (AvgIpc) is 2.72. The van der Waals surface area contributed by atoms with Crippen molar-refractivity contribution >= 4 is 22.9 Å². The molecule has 0 amide bonds. The number of fused-ring (bicyclic) bond motifs is 1. The van der Waals surface area contributed by atoms with Crippen molar-refractivity contribution in [2.24, 2.45) is 7.05 Å². The van der Waals surface area contributed by atoms with Crippen LogP contribution in [0.1, 0.15) is 19.4 Å². The first-order chi connectivity index (χ1) is 9.52. The van der Waals surface area contributed by atoms with Crippen LogP contribution in [-0.2, 0) is 16.6 Å². The predicted molar refractivity (Wildman–Crippen MR) is 77.7 cm³/mol. The first kappa shape index (κ1) is 13.9. The van der Waals surface area contributed by atoms with Crippen molar-refractivity contribution < 1.29 is 9.53 Å². The van der Waals surface area contributed by atoms with Crippen molar-refractivity contribution in [3.05, 3.63) is 41.6 Å². The smallest absolute Gasteiger partial charge is 0.349 e. The van der Waals surface area contributed by atoms with Crippen molar-refractivity contribution in [2.75, 3.05) is 0 Å². The minimum Gasteiger partial charge on any atom is -0.459 e. The highest BCUT2D eigenvalue weighted by molar-refractivity contribution is 6.01. The third-order valence-electron chi connectivity index (χ3n) is 2.91. The van der Waals surface area contributed by atoms with E-state index in [0.29, 0.717) is 0 Å². The van der Waals surface area contributed by atoms with Crippen LogP contribution in [0.3, 0.4) is 0 Å². The molecule has 4 heteroatoms. The second-order valence-electron chi connectivity index (χ2n) is 4.84. The van der Waals surface area contributed by atoms with Crippen LogP contribution in [-0.4, -0.2) is 16.6 Å². The molecular weight excluding hydrogens is 252 g/mol. The van der Waals surface area contributed by atoms with Crippen LogP contribution in [0.5, 0.6) is 0 Å². The Morgan fingerprint density at radius 3 is 2.75 bits per heavy atom. The largest absolute Gasteiger partial charge is 0.459 e. The van der Waals surface area contributed by atoms with E-state index in [0.717, 1.165) is 16.5 Å². The first-order valence-electron chi connectivity index (χ1n) is 6.39. The van der Waals surface area contributed by atoms with Gasteiger partial charge in [-0.3, -0.25) is 0 Å². The summed E-state index contributed by atoms with van der Waals surface area (Å²) in [5, 5.41) is 10.1. The molecule has 0 fully saturated rings. The third-order valence-corrected chi connectivity index (χ3v) is 2.91. The molecule has 0 atom stereocenters. The van der Waals surface area contributed by atoms with Crippen LogP contribution in [0.15, 0.2) is 36.0 Å².